The summed E-state index contributed by atoms with van der Waals surface area (Å²) in [5.74, 6) is 1.68. The monoisotopic (exact) mass is 483 g/mol. The van der Waals surface area contributed by atoms with Crippen LogP contribution in [0.15, 0.2) is 24.3 Å². The van der Waals surface area contributed by atoms with Crippen molar-refractivity contribution >= 4 is 35.9 Å². The molecule has 0 radical (unpaired) electrons. The predicted octanol–water partition coefficient (Wildman–Crippen LogP) is 5.48. The Hall–Kier alpha value is -2.51. The average molecular weight is 484 g/mol. The zero-order chi connectivity index (χ0) is 18.5. The van der Waals surface area contributed by atoms with Crippen LogP contribution in [0, 0.1) is 5.82 Å². The number of hydrogen-bond acceptors (Lipinski definition) is 11. The van der Waals surface area contributed by atoms with Crippen molar-refractivity contribution in [2.45, 2.75) is 38.5 Å². The summed E-state index contributed by atoms with van der Waals surface area (Å²) in [6.07, 6.45) is 7.20. The molecule has 11 nitrogen and oxygen atoms in total. The fourth-order valence-corrected chi connectivity index (χ4v) is 3.54. The Bertz CT molecular complexity index is 735. The average Bonchev–Trinajstić information content (AvgIpc) is 2.74. The lowest BCUT2D eigenvalue weighted by Crippen LogP contribution is -2.34. The van der Waals surface area contributed by atoms with Crippen molar-refractivity contribution in [2.75, 3.05) is 46.8 Å². The second-order valence-electron chi connectivity index (χ2n) is 7.11. The topological polar surface area (TPSA) is 209 Å². The van der Waals surface area contributed by atoms with Crippen LogP contribution in [0.1, 0.15) is 44.2 Å². The van der Waals surface area contributed by atoms with E-state index in [1.807, 2.05) is 0 Å². The van der Waals surface area contributed by atoms with E-state index in [9.17, 15) is 4.39 Å². The highest BCUT2D eigenvalue weighted by Gasteiger charge is 2.20. The van der Waals surface area contributed by atoms with E-state index in [-0.39, 0.29) is 48.5 Å². The van der Waals surface area contributed by atoms with Crippen molar-refractivity contribution in [2.24, 2.45) is 0 Å². The normalized spacial score (nSPS) is 14.9. The lowest BCUT2D eigenvalue weighted by Gasteiger charge is -2.30. The Labute approximate surface area is 201 Å². The van der Waals surface area contributed by atoms with Gasteiger partial charge in [-0.15, -0.1) is 12.4 Å². The Morgan fingerprint density at radius 3 is 1.53 bits per heavy atom. The van der Waals surface area contributed by atoms with Gasteiger partial charge in [0, 0.05) is 31.9 Å². The van der Waals surface area contributed by atoms with Gasteiger partial charge in [0.05, 0.1) is 5.69 Å². The quantitative estimate of drug-likeness (QED) is 0.293. The van der Waals surface area contributed by atoms with Gasteiger partial charge in [-0.25, -0.2) is 4.39 Å². The fourth-order valence-electron chi connectivity index (χ4n) is 3.54. The minimum Gasteiger partial charge on any atom is -0.344 e. The van der Waals surface area contributed by atoms with Gasteiger partial charge in [-0.2, -0.15) is 15.0 Å². The minimum absolute atomic E-state index is 0. The molecule has 1 aromatic carbocycles. The molecule has 192 valence electrons. The SMILES string of the molecule is Cl.Fc1ccc(NNc2nc(N3CCCCC3)nc(N3CCCCC3)n2)cc1.N.N.N.N.[HH].[HH].[HH].[HH]. The second-order valence-corrected chi connectivity index (χ2v) is 7.11. The van der Waals surface area contributed by atoms with Crippen molar-refractivity contribution in [3.63, 3.8) is 0 Å². The highest BCUT2D eigenvalue weighted by atomic mass is 35.5. The van der Waals surface area contributed by atoms with Crippen LogP contribution in [0.4, 0.5) is 27.9 Å². The zero-order valence-corrected chi connectivity index (χ0v) is 19.5. The number of benzene rings is 1. The third kappa shape index (κ3) is 8.20. The molecule has 4 rings (SSSR count). The van der Waals surface area contributed by atoms with Crippen LogP contribution in [0.3, 0.4) is 0 Å². The van der Waals surface area contributed by atoms with Gasteiger partial charge in [0.25, 0.3) is 0 Å². The molecular weight excluding hydrogens is 437 g/mol. The first-order valence-electron chi connectivity index (χ1n) is 9.81. The highest BCUT2D eigenvalue weighted by Crippen LogP contribution is 2.22. The number of rotatable bonds is 5. The molecule has 3 heterocycles. The Balaban J connectivity index is -0.000000250. The summed E-state index contributed by atoms with van der Waals surface area (Å²) in [6, 6.07) is 6.16. The van der Waals surface area contributed by atoms with Gasteiger partial charge < -0.3 is 34.4 Å². The molecule has 1 aromatic heterocycles. The standard InChI is InChI=1S/C19H26FN7.ClH.4H3N.4H2/c20-15-7-9-16(10-8-15)24-25-17-21-18(26-11-3-1-4-12-26)23-19(22-17)27-13-5-2-6-14-27;;;;;;;;;/h7-10,24H,1-6,11-14H2,(H,21,22,23,25);1H;4*1H3;4*1H. The van der Waals surface area contributed by atoms with E-state index < -0.39 is 0 Å². The predicted molar refractivity (Wildman–Crippen MR) is 141 cm³/mol. The Kier molecular flexibility index (Phi) is 15.2. The molecule has 2 aliphatic heterocycles. The fraction of sp³-hybridized carbons (Fsp3) is 0.526. The van der Waals surface area contributed by atoms with Crippen LogP contribution in [-0.4, -0.2) is 41.1 Å². The third-order valence-corrected chi connectivity index (χ3v) is 5.05. The maximum Gasteiger partial charge on any atom is 0.248 e. The summed E-state index contributed by atoms with van der Waals surface area (Å²) in [7, 11) is 0. The first kappa shape index (κ1) is 31.7. The van der Waals surface area contributed by atoms with Crippen molar-refractivity contribution in [1.82, 2.24) is 39.6 Å². The van der Waals surface area contributed by atoms with E-state index in [2.05, 4.69) is 30.6 Å². The maximum absolute atomic E-state index is 13.1. The summed E-state index contributed by atoms with van der Waals surface area (Å²) in [6.45, 7) is 3.92. The van der Waals surface area contributed by atoms with Crippen molar-refractivity contribution in [3.05, 3.63) is 30.1 Å². The van der Waals surface area contributed by atoms with Crippen molar-refractivity contribution < 1.29 is 10.1 Å². The molecule has 0 atom stereocenters. The van der Waals surface area contributed by atoms with Crippen LogP contribution in [0.2, 0.25) is 0 Å². The van der Waals surface area contributed by atoms with Crippen molar-refractivity contribution in [3.8, 4) is 0 Å². The largest absolute Gasteiger partial charge is 0.344 e. The van der Waals surface area contributed by atoms with E-state index in [0.717, 1.165) is 43.8 Å². The van der Waals surface area contributed by atoms with Gasteiger partial charge in [0.15, 0.2) is 0 Å². The van der Waals surface area contributed by atoms with Gasteiger partial charge in [-0.3, -0.25) is 10.9 Å². The third-order valence-electron chi connectivity index (χ3n) is 5.05. The van der Waals surface area contributed by atoms with E-state index in [1.54, 1.807) is 12.1 Å². The maximum atomic E-state index is 13.1. The number of nitrogens with one attached hydrogen (secondary N) is 2. The Morgan fingerprint density at radius 1 is 0.656 bits per heavy atom. The lowest BCUT2D eigenvalue weighted by atomic mass is 10.1. The van der Waals surface area contributed by atoms with Crippen LogP contribution in [0.5, 0.6) is 0 Å². The van der Waals surface area contributed by atoms with Crippen LogP contribution >= 0.6 is 12.4 Å². The number of halogens is 2. The molecule has 2 aliphatic rings. The van der Waals surface area contributed by atoms with Gasteiger partial charge >= 0.3 is 0 Å². The number of piperidine rings is 2. The number of hydrogen-bond donors (Lipinski definition) is 6. The number of nitrogens with zero attached hydrogens (tertiary/aromatic N) is 5. The van der Waals surface area contributed by atoms with E-state index in [0.29, 0.717) is 5.95 Å². The van der Waals surface area contributed by atoms with Crippen LogP contribution in [-0.2, 0) is 0 Å². The molecule has 2 aromatic rings. The molecular formula is C19H47ClFN11. The summed E-state index contributed by atoms with van der Waals surface area (Å²) in [5.41, 5.74) is 6.84. The summed E-state index contributed by atoms with van der Waals surface area (Å²) in [4.78, 5) is 18.5. The first-order valence-corrected chi connectivity index (χ1v) is 9.81. The van der Waals surface area contributed by atoms with Gasteiger partial charge in [-0.05, 0) is 62.8 Å². The van der Waals surface area contributed by atoms with E-state index >= 15 is 0 Å². The molecule has 32 heavy (non-hydrogen) atoms. The second kappa shape index (κ2) is 15.3. The van der Waals surface area contributed by atoms with Crippen LogP contribution in [0.25, 0.3) is 0 Å². The molecule has 0 saturated carbocycles. The molecule has 14 N–H and O–H groups in total. The molecule has 0 aliphatic carbocycles. The molecule has 0 spiro atoms. The van der Waals surface area contributed by atoms with Gasteiger partial charge in [0.1, 0.15) is 5.82 Å². The smallest absolute Gasteiger partial charge is 0.248 e. The first-order chi connectivity index (χ1) is 13.3. The lowest BCUT2D eigenvalue weighted by molar-refractivity contribution is 0.556. The van der Waals surface area contributed by atoms with E-state index in [1.165, 1.54) is 50.7 Å². The molecule has 0 bridgehead atoms. The minimum atomic E-state index is -0.263. The molecule has 0 unspecified atom stereocenters. The summed E-state index contributed by atoms with van der Waals surface area (Å²) in [5, 5.41) is 0. The van der Waals surface area contributed by atoms with Gasteiger partial charge in [-0.1, -0.05) is 0 Å². The highest BCUT2D eigenvalue weighted by molar-refractivity contribution is 5.85. The summed E-state index contributed by atoms with van der Waals surface area (Å²) >= 11 is 0. The molecule has 2 saturated heterocycles. The van der Waals surface area contributed by atoms with Crippen LogP contribution < -0.4 is 45.3 Å². The zero-order valence-electron chi connectivity index (χ0n) is 18.7. The number of anilines is 4. The van der Waals surface area contributed by atoms with Crippen molar-refractivity contribution in [1.29, 1.82) is 0 Å². The number of hydrazine groups is 1. The number of aromatic nitrogens is 3. The molecule has 13 heteroatoms. The summed E-state index contributed by atoms with van der Waals surface area (Å²) < 4.78 is 13.1. The molecule has 2 fully saturated rings. The Morgan fingerprint density at radius 2 is 1.09 bits per heavy atom. The molecule has 0 amide bonds. The van der Waals surface area contributed by atoms with Gasteiger partial charge in [0.2, 0.25) is 17.8 Å². The van der Waals surface area contributed by atoms with E-state index in [4.69, 9.17) is 4.98 Å².